The van der Waals surface area contributed by atoms with Gasteiger partial charge in [0.2, 0.25) is 0 Å². The van der Waals surface area contributed by atoms with E-state index >= 15 is 0 Å². The monoisotopic (exact) mass is 322 g/mol. The third-order valence-corrected chi connectivity index (χ3v) is 3.60. The number of para-hydroxylation sites is 1. The molecule has 0 aliphatic carbocycles. The molecule has 0 fully saturated rings. The van der Waals surface area contributed by atoms with E-state index in [-0.39, 0.29) is 11.8 Å². The number of benzene rings is 1. The molecule has 3 aromatic rings. The SMILES string of the molecule is Cc1cccc(-c2nc(C(C)C)no2)c1NC(=O)c1ccccn1. The number of rotatable bonds is 4. The van der Waals surface area contributed by atoms with Crippen molar-refractivity contribution >= 4 is 11.6 Å². The number of aryl methyl sites for hydroxylation is 1. The van der Waals surface area contributed by atoms with Crippen molar-refractivity contribution in [2.24, 2.45) is 0 Å². The highest BCUT2D eigenvalue weighted by molar-refractivity contribution is 6.05. The predicted octanol–water partition coefficient (Wildman–Crippen LogP) is 3.82. The molecule has 24 heavy (non-hydrogen) atoms. The molecule has 1 N–H and O–H groups in total. The smallest absolute Gasteiger partial charge is 0.274 e. The molecule has 0 aliphatic rings. The summed E-state index contributed by atoms with van der Waals surface area (Å²) in [6.45, 7) is 5.90. The Morgan fingerprint density at radius 3 is 2.67 bits per heavy atom. The van der Waals surface area contributed by atoms with Gasteiger partial charge in [-0.2, -0.15) is 4.98 Å². The molecule has 6 heteroatoms. The van der Waals surface area contributed by atoms with E-state index in [0.717, 1.165) is 5.56 Å². The van der Waals surface area contributed by atoms with Gasteiger partial charge in [-0.05, 0) is 30.7 Å². The molecule has 0 bridgehead atoms. The van der Waals surface area contributed by atoms with Gasteiger partial charge in [-0.3, -0.25) is 9.78 Å². The molecule has 0 atom stereocenters. The highest BCUT2D eigenvalue weighted by Crippen LogP contribution is 2.30. The summed E-state index contributed by atoms with van der Waals surface area (Å²) in [5.41, 5.74) is 2.59. The third-order valence-electron chi connectivity index (χ3n) is 3.60. The molecule has 1 amide bonds. The van der Waals surface area contributed by atoms with Gasteiger partial charge in [0.15, 0.2) is 5.82 Å². The summed E-state index contributed by atoms with van der Waals surface area (Å²) in [5.74, 6) is 0.904. The first-order valence-corrected chi connectivity index (χ1v) is 7.72. The van der Waals surface area contributed by atoms with E-state index in [4.69, 9.17) is 4.52 Å². The number of hydrogen-bond acceptors (Lipinski definition) is 5. The molecular weight excluding hydrogens is 304 g/mol. The Bertz CT molecular complexity index is 856. The van der Waals surface area contributed by atoms with Crippen molar-refractivity contribution in [2.75, 3.05) is 5.32 Å². The maximum atomic E-state index is 12.4. The summed E-state index contributed by atoms with van der Waals surface area (Å²) in [6, 6.07) is 10.8. The summed E-state index contributed by atoms with van der Waals surface area (Å²) in [7, 11) is 0. The molecule has 2 heterocycles. The number of carbonyl (C=O) groups is 1. The number of amides is 1. The lowest BCUT2D eigenvalue weighted by molar-refractivity contribution is 0.102. The van der Waals surface area contributed by atoms with Gasteiger partial charge < -0.3 is 9.84 Å². The highest BCUT2D eigenvalue weighted by atomic mass is 16.5. The lowest BCUT2D eigenvalue weighted by Gasteiger charge is -2.11. The first-order valence-electron chi connectivity index (χ1n) is 7.72. The van der Waals surface area contributed by atoms with Crippen molar-refractivity contribution in [1.29, 1.82) is 0 Å². The summed E-state index contributed by atoms with van der Waals surface area (Å²) in [5, 5.41) is 6.89. The van der Waals surface area contributed by atoms with Crippen LogP contribution in [0.3, 0.4) is 0 Å². The Morgan fingerprint density at radius 1 is 1.17 bits per heavy atom. The van der Waals surface area contributed by atoms with Crippen LogP contribution < -0.4 is 5.32 Å². The van der Waals surface area contributed by atoms with E-state index in [2.05, 4.69) is 20.4 Å². The number of nitrogens with one attached hydrogen (secondary N) is 1. The molecular formula is C18H18N4O2. The van der Waals surface area contributed by atoms with E-state index < -0.39 is 0 Å². The molecule has 0 unspecified atom stereocenters. The number of aromatic nitrogens is 3. The van der Waals surface area contributed by atoms with Gasteiger partial charge in [0, 0.05) is 12.1 Å². The molecule has 122 valence electrons. The molecule has 2 aromatic heterocycles. The molecule has 0 aliphatic heterocycles. The average Bonchev–Trinajstić information content (AvgIpc) is 3.07. The number of pyridine rings is 1. The number of anilines is 1. The second kappa shape index (κ2) is 6.62. The maximum Gasteiger partial charge on any atom is 0.274 e. The second-order valence-electron chi connectivity index (χ2n) is 5.78. The summed E-state index contributed by atoms with van der Waals surface area (Å²) in [4.78, 5) is 20.9. The molecule has 0 radical (unpaired) electrons. The summed E-state index contributed by atoms with van der Waals surface area (Å²) in [6.07, 6.45) is 1.58. The largest absolute Gasteiger partial charge is 0.334 e. The van der Waals surface area contributed by atoms with Gasteiger partial charge in [-0.15, -0.1) is 0 Å². The lowest BCUT2D eigenvalue weighted by Crippen LogP contribution is -2.15. The first kappa shape index (κ1) is 15.9. The van der Waals surface area contributed by atoms with Crippen LogP contribution in [0.1, 0.15) is 41.6 Å². The van der Waals surface area contributed by atoms with Crippen molar-refractivity contribution in [3.8, 4) is 11.5 Å². The zero-order chi connectivity index (χ0) is 17.1. The van der Waals surface area contributed by atoms with Crippen molar-refractivity contribution in [2.45, 2.75) is 26.7 Å². The summed E-state index contributed by atoms with van der Waals surface area (Å²) >= 11 is 0. The van der Waals surface area contributed by atoms with Crippen molar-refractivity contribution in [1.82, 2.24) is 15.1 Å². The van der Waals surface area contributed by atoms with Crippen LogP contribution >= 0.6 is 0 Å². The average molecular weight is 322 g/mol. The Labute approximate surface area is 139 Å². The zero-order valence-corrected chi connectivity index (χ0v) is 13.8. The first-order chi connectivity index (χ1) is 11.6. The minimum atomic E-state index is -0.283. The van der Waals surface area contributed by atoms with E-state index in [0.29, 0.717) is 28.7 Å². The maximum absolute atomic E-state index is 12.4. The van der Waals surface area contributed by atoms with Crippen LogP contribution in [0.25, 0.3) is 11.5 Å². The molecule has 0 saturated heterocycles. The molecule has 6 nitrogen and oxygen atoms in total. The van der Waals surface area contributed by atoms with E-state index in [1.165, 1.54) is 0 Å². The van der Waals surface area contributed by atoms with Crippen LogP contribution in [0.5, 0.6) is 0 Å². The fraction of sp³-hybridized carbons (Fsp3) is 0.222. The van der Waals surface area contributed by atoms with Crippen LogP contribution in [0.15, 0.2) is 47.1 Å². The molecule has 1 aromatic carbocycles. The van der Waals surface area contributed by atoms with E-state index in [1.807, 2.05) is 39.0 Å². The fourth-order valence-corrected chi connectivity index (χ4v) is 2.27. The molecule has 3 rings (SSSR count). The minimum Gasteiger partial charge on any atom is -0.334 e. The second-order valence-corrected chi connectivity index (χ2v) is 5.78. The number of hydrogen-bond donors (Lipinski definition) is 1. The lowest BCUT2D eigenvalue weighted by atomic mass is 10.1. The molecule has 0 saturated carbocycles. The minimum absolute atomic E-state index is 0.166. The van der Waals surface area contributed by atoms with Crippen LogP contribution in [-0.4, -0.2) is 21.0 Å². The summed E-state index contributed by atoms with van der Waals surface area (Å²) < 4.78 is 5.37. The highest BCUT2D eigenvalue weighted by Gasteiger charge is 2.18. The van der Waals surface area contributed by atoms with Gasteiger partial charge in [0.25, 0.3) is 11.8 Å². The van der Waals surface area contributed by atoms with E-state index in [1.54, 1.807) is 24.4 Å². The van der Waals surface area contributed by atoms with Crippen molar-refractivity contribution in [3.05, 3.63) is 59.7 Å². The normalized spacial score (nSPS) is 10.8. The quantitative estimate of drug-likeness (QED) is 0.790. The van der Waals surface area contributed by atoms with Crippen LogP contribution in [-0.2, 0) is 0 Å². The predicted molar refractivity (Wildman–Crippen MR) is 90.8 cm³/mol. The van der Waals surface area contributed by atoms with Crippen LogP contribution in [0.2, 0.25) is 0 Å². The van der Waals surface area contributed by atoms with Gasteiger partial charge in [0.1, 0.15) is 5.69 Å². The van der Waals surface area contributed by atoms with Crippen LogP contribution in [0.4, 0.5) is 5.69 Å². The Balaban J connectivity index is 1.97. The van der Waals surface area contributed by atoms with Gasteiger partial charge >= 0.3 is 0 Å². The topological polar surface area (TPSA) is 80.9 Å². The Morgan fingerprint density at radius 2 is 2.00 bits per heavy atom. The molecule has 0 spiro atoms. The van der Waals surface area contributed by atoms with E-state index in [9.17, 15) is 4.79 Å². The van der Waals surface area contributed by atoms with Crippen molar-refractivity contribution < 1.29 is 9.32 Å². The number of carbonyl (C=O) groups excluding carboxylic acids is 1. The van der Waals surface area contributed by atoms with Crippen LogP contribution in [0, 0.1) is 6.92 Å². The Hall–Kier alpha value is -3.02. The standard InChI is InChI=1S/C18H18N4O2/c1-11(2)16-21-18(24-22-16)13-8-6-7-12(3)15(13)20-17(23)14-9-4-5-10-19-14/h4-11H,1-3H3,(H,20,23). The van der Waals surface area contributed by atoms with Crippen molar-refractivity contribution in [3.63, 3.8) is 0 Å². The van der Waals surface area contributed by atoms with Gasteiger partial charge in [0.05, 0.1) is 11.3 Å². The Kier molecular flexibility index (Phi) is 4.37. The van der Waals surface area contributed by atoms with Gasteiger partial charge in [-0.1, -0.05) is 37.2 Å². The number of nitrogens with zero attached hydrogens (tertiary/aromatic N) is 3. The zero-order valence-electron chi connectivity index (χ0n) is 13.8. The third kappa shape index (κ3) is 3.17. The fourth-order valence-electron chi connectivity index (χ4n) is 2.27. The van der Waals surface area contributed by atoms with Gasteiger partial charge in [-0.25, -0.2) is 0 Å².